The highest BCUT2D eigenvalue weighted by atomic mass is 16.5. The van der Waals surface area contributed by atoms with Gasteiger partial charge in [-0.05, 0) is 36.3 Å². The molecule has 0 unspecified atom stereocenters. The molecule has 0 aliphatic rings. The Morgan fingerprint density at radius 1 is 0.727 bits per heavy atom. The van der Waals surface area contributed by atoms with Gasteiger partial charge in [0, 0.05) is 5.56 Å². The van der Waals surface area contributed by atoms with Gasteiger partial charge in [0.2, 0.25) is 0 Å². The van der Waals surface area contributed by atoms with Gasteiger partial charge < -0.3 is 4.74 Å². The van der Waals surface area contributed by atoms with Gasteiger partial charge in [-0.15, -0.1) is 0 Å². The predicted molar refractivity (Wildman–Crippen MR) is 92.6 cm³/mol. The lowest BCUT2D eigenvalue weighted by Gasteiger charge is -2.11. The van der Waals surface area contributed by atoms with Gasteiger partial charge in [-0.2, -0.15) is 0 Å². The van der Waals surface area contributed by atoms with E-state index in [1.165, 1.54) is 5.56 Å². The van der Waals surface area contributed by atoms with Crippen molar-refractivity contribution >= 4 is 5.76 Å². The van der Waals surface area contributed by atoms with Gasteiger partial charge >= 0.3 is 0 Å². The third-order valence-electron chi connectivity index (χ3n) is 3.49. The zero-order valence-electron chi connectivity index (χ0n) is 12.6. The van der Waals surface area contributed by atoms with E-state index in [1.807, 2.05) is 61.5 Å². The van der Waals surface area contributed by atoms with E-state index < -0.39 is 0 Å². The quantitative estimate of drug-likeness (QED) is 0.551. The molecule has 0 aliphatic heterocycles. The molecule has 0 saturated heterocycles. The predicted octanol–water partition coefficient (Wildman–Crippen LogP) is 5.79. The number of benzene rings is 3. The highest BCUT2D eigenvalue weighted by Crippen LogP contribution is 2.26. The molecular formula is C21H18O. The van der Waals surface area contributed by atoms with Crippen LogP contribution in [0.5, 0.6) is 5.75 Å². The highest BCUT2D eigenvalue weighted by Gasteiger charge is 2.04. The summed E-state index contributed by atoms with van der Waals surface area (Å²) in [6.07, 6.45) is 1.99. The van der Waals surface area contributed by atoms with Crippen LogP contribution in [0.1, 0.15) is 12.5 Å². The molecule has 0 radical (unpaired) electrons. The van der Waals surface area contributed by atoms with Gasteiger partial charge in [-0.25, -0.2) is 0 Å². The Morgan fingerprint density at radius 2 is 1.36 bits per heavy atom. The number of allylic oxidation sites excluding steroid dienone is 1. The van der Waals surface area contributed by atoms with E-state index in [0.29, 0.717) is 0 Å². The fourth-order valence-electron chi connectivity index (χ4n) is 2.38. The summed E-state index contributed by atoms with van der Waals surface area (Å²) in [4.78, 5) is 0. The van der Waals surface area contributed by atoms with E-state index in [2.05, 4.69) is 36.4 Å². The Bertz CT molecular complexity index is 758. The lowest BCUT2D eigenvalue weighted by atomic mass is 10.1. The maximum absolute atomic E-state index is 6.07. The molecule has 0 N–H and O–H groups in total. The summed E-state index contributed by atoms with van der Waals surface area (Å²) in [6, 6.07) is 28.6. The molecule has 3 rings (SSSR count). The largest absolute Gasteiger partial charge is 0.457 e. The molecule has 3 aromatic rings. The molecule has 108 valence electrons. The molecule has 3 aromatic carbocycles. The minimum atomic E-state index is 0.846. The van der Waals surface area contributed by atoms with Crippen LogP contribution in [-0.2, 0) is 0 Å². The van der Waals surface area contributed by atoms with Crippen LogP contribution >= 0.6 is 0 Å². The van der Waals surface area contributed by atoms with Crippen LogP contribution in [0, 0.1) is 0 Å². The minimum Gasteiger partial charge on any atom is -0.457 e. The van der Waals surface area contributed by atoms with Crippen LogP contribution in [0.4, 0.5) is 0 Å². The molecule has 1 heteroatoms. The number of ether oxygens (including phenoxy) is 1. The Balaban J connectivity index is 1.87. The fourth-order valence-corrected chi connectivity index (χ4v) is 2.38. The van der Waals surface area contributed by atoms with E-state index in [4.69, 9.17) is 4.74 Å². The summed E-state index contributed by atoms with van der Waals surface area (Å²) >= 11 is 0. The number of hydrogen-bond acceptors (Lipinski definition) is 1. The average Bonchev–Trinajstić information content (AvgIpc) is 2.61. The fraction of sp³-hybridized carbons (Fsp3) is 0.0476. The van der Waals surface area contributed by atoms with Crippen molar-refractivity contribution in [3.05, 3.63) is 96.6 Å². The topological polar surface area (TPSA) is 9.23 Å². The van der Waals surface area contributed by atoms with Crippen LogP contribution < -0.4 is 4.74 Å². The second-order valence-corrected chi connectivity index (χ2v) is 5.01. The van der Waals surface area contributed by atoms with E-state index >= 15 is 0 Å². The molecule has 0 heterocycles. The molecule has 0 bridgehead atoms. The molecule has 0 aliphatic carbocycles. The third kappa shape index (κ3) is 3.26. The van der Waals surface area contributed by atoms with Crippen molar-refractivity contribution in [2.24, 2.45) is 0 Å². The van der Waals surface area contributed by atoms with Crippen LogP contribution in [0.3, 0.4) is 0 Å². The minimum absolute atomic E-state index is 0.846. The first-order valence-corrected chi connectivity index (χ1v) is 7.42. The molecule has 0 amide bonds. The second-order valence-electron chi connectivity index (χ2n) is 5.01. The third-order valence-corrected chi connectivity index (χ3v) is 3.49. The summed E-state index contributed by atoms with van der Waals surface area (Å²) in [6.45, 7) is 1.99. The highest BCUT2D eigenvalue weighted by molar-refractivity contribution is 5.67. The lowest BCUT2D eigenvalue weighted by Crippen LogP contribution is -1.94. The van der Waals surface area contributed by atoms with Crippen LogP contribution in [-0.4, -0.2) is 0 Å². The standard InChI is InChI=1S/C21H18O/c1-2-21(18-12-7-4-8-13-18)22-20-15-9-14-19(16-20)17-10-5-3-6-11-17/h2-16H,1H3. The maximum Gasteiger partial charge on any atom is 0.130 e. The van der Waals surface area contributed by atoms with Crippen LogP contribution in [0.15, 0.2) is 91.0 Å². The van der Waals surface area contributed by atoms with E-state index in [0.717, 1.165) is 22.6 Å². The zero-order valence-corrected chi connectivity index (χ0v) is 12.6. The lowest BCUT2D eigenvalue weighted by molar-refractivity contribution is 0.514. The zero-order chi connectivity index (χ0) is 15.2. The van der Waals surface area contributed by atoms with Gasteiger partial charge in [0.15, 0.2) is 0 Å². The Morgan fingerprint density at radius 3 is 2.05 bits per heavy atom. The van der Waals surface area contributed by atoms with Crippen molar-refractivity contribution in [2.45, 2.75) is 6.92 Å². The Kier molecular flexibility index (Phi) is 4.35. The first-order chi connectivity index (χ1) is 10.9. The van der Waals surface area contributed by atoms with Crippen molar-refractivity contribution in [3.8, 4) is 16.9 Å². The first-order valence-electron chi connectivity index (χ1n) is 7.42. The van der Waals surface area contributed by atoms with Crippen molar-refractivity contribution in [1.29, 1.82) is 0 Å². The van der Waals surface area contributed by atoms with Crippen LogP contribution in [0.25, 0.3) is 16.9 Å². The monoisotopic (exact) mass is 286 g/mol. The van der Waals surface area contributed by atoms with E-state index in [1.54, 1.807) is 0 Å². The molecule has 0 aromatic heterocycles. The van der Waals surface area contributed by atoms with Crippen molar-refractivity contribution < 1.29 is 4.74 Å². The second kappa shape index (κ2) is 6.77. The summed E-state index contributed by atoms with van der Waals surface area (Å²) in [5.74, 6) is 1.71. The summed E-state index contributed by atoms with van der Waals surface area (Å²) in [5.41, 5.74) is 3.42. The molecule has 0 atom stereocenters. The van der Waals surface area contributed by atoms with Gasteiger partial charge in [0.25, 0.3) is 0 Å². The Labute approximate surface area is 131 Å². The van der Waals surface area contributed by atoms with Crippen molar-refractivity contribution in [2.75, 3.05) is 0 Å². The van der Waals surface area contributed by atoms with E-state index in [-0.39, 0.29) is 0 Å². The summed E-state index contributed by atoms with van der Waals surface area (Å²) < 4.78 is 6.07. The maximum atomic E-state index is 6.07. The first kappa shape index (κ1) is 14.2. The van der Waals surface area contributed by atoms with Gasteiger partial charge in [-0.3, -0.25) is 0 Å². The summed E-state index contributed by atoms with van der Waals surface area (Å²) in [5, 5.41) is 0. The number of hydrogen-bond donors (Lipinski definition) is 0. The van der Waals surface area contributed by atoms with Crippen molar-refractivity contribution in [3.63, 3.8) is 0 Å². The molecule has 22 heavy (non-hydrogen) atoms. The molecule has 0 spiro atoms. The van der Waals surface area contributed by atoms with Crippen molar-refractivity contribution in [1.82, 2.24) is 0 Å². The summed E-state index contributed by atoms with van der Waals surface area (Å²) in [7, 11) is 0. The molecular weight excluding hydrogens is 268 g/mol. The smallest absolute Gasteiger partial charge is 0.130 e. The Hall–Kier alpha value is -2.80. The molecule has 0 fully saturated rings. The molecule has 0 saturated carbocycles. The van der Waals surface area contributed by atoms with Gasteiger partial charge in [0.05, 0.1) is 0 Å². The average molecular weight is 286 g/mol. The molecule has 1 nitrogen and oxygen atoms in total. The normalized spacial score (nSPS) is 11.2. The van der Waals surface area contributed by atoms with E-state index in [9.17, 15) is 0 Å². The SMILES string of the molecule is CC=C(Oc1cccc(-c2ccccc2)c1)c1ccccc1. The van der Waals surface area contributed by atoms with Gasteiger partial charge in [0.1, 0.15) is 11.5 Å². The van der Waals surface area contributed by atoms with Crippen LogP contribution in [0.2, 0.25) is 0 Å². The number of rotatable bonds is 4. The van der Waals surface area contributed by atoms with Gasteiger partial charge in [-0.1, -0.05) is 72.8 Å².